The Kier molecular flexibility index (Phi) is 17.4. The fraction of sp³-hybridized carbons (Fsp3) is 0.718. The van der Waals surface area contributed by atoms with Gasteiger partial charge in [-0.15, -0.1) is 0 Å². The second kappa shape index (κ2) is 22.2. The Balaban J connectivity index is 0.950. The largest absolute Gasteiger partial charge is 0.463 e. The minimum Gasteiger partial charge on any atom is -0.463 e. The number of carbonyl (C=O) groups is 3. The van der Waals surface area contributed by atoms with Crippen molar-refractivity contribution in [3.05, 3.63) is 24.8 Å². The molecular weight excluding hydrogens is 636 g/mol. The molecule has 0 radical (unpaired) electrons. The van der Waals surface area contributed by atoms with E-state index < -0.39 is 0 Å². The molecule has 11 nitrogen and oxygen atoms in total. The smallest absolute Gasteiger partial charge is 0.316 e. The van der Waals surface area contributed by atoms with Crippen molar-refractivity contribution in [1.29, 1.82) is 0 Å². The number of nitrogens with zero attached hydrogens (tertiary/aromatic N) is 4. The lowest BCUT2D eigenvalue weighted by Gasteiger charge is -2.28. The number of ether oxygens (including phenoxy) is 4. The molecule has 2 aromatic heterocycles. The predicted molar refractivity (Wildman–Crippen MR) is 189 cm³/mol. The summed E-state index contributed by atoms with van der Waals surface area (Å²) in [7, 11) is 0. The molecule has 50 heavy (non-hydrogen) atoms. The first-order chi connectivity index (χ1) is 24.4. The molecule has 0 saturated heterocycles. The van der Waals surface area contributed by atoms with Crippen molar-refractivity contribution in [2.75, 3.05) is 13.2 Å². The van der Waals surface area contributed by atoms with Gasteiger partial charge in [-0.1, -0.05) is 65.2 Å². The first-order valence-corrected chi connectivity index (χ1v) is 19.2. The molecule has 276 valence electrons. The molecule has 0 spiro atoms. The fourth-order valence-corrected chi connectivity index (χ4v) is 7.03. The van der Waals surface area contributed by atoms with Crippen LogP contribution in [0, 0.1) is 23.7 Å². The summed E-state index contributed by atoms with van der Waals surface area (Å²) in [5.41, 5.74) is 0. The van der Waals surface area contributed by atoms with Crippen LogP contribution in [0.2, 0.25) is 0 Å². The monoisotopic (exact) mass is 694 g/mol. The van der Waals surface area contributed by atoms with Gasteiger partial charge in [-0.3, -0.25) is 14.4 Å². The highest BCUT2D eigenvalue weighted by Gasteiger charge is 2.23. The first-order valence-electron chi connectivity index (χ1n) is 19.2. The summed E-state index contributed by atoms with van der Waals surface area (Å²) in [6.07, 6.45) is 25.8. The number of aromatic nitrogens is 4. The van der Waals surface area contributed by atoms with Crippen LogP contribution in [0.3, 0.4) is 0 Å². The van der Waals surface area contributed by atoms with Gasteiger partial charge in [-0.25, -0.2) is 0 Å². The summed E-state index contributed by atoms with van der Waals surface area (Å²) < 4.78 is 22.0. The van der Waals surface area contributed by atoms with E-state index >= 15 is 0 Å². The summed E-state index contributed by atoms with van der Waals surface area (Å²) in [6, 6.07) is 0.643. The average molecular weight is 695 g/mol. The van der Waals surface area contributed by atoms with Gasteiger partial charge < -0.3 is 18.9 Å². The maximum Gasteiger partial charge on any atom is 0.316 e. The van der Waals surface area contributed by atoms with Gasteiger partial charge in [0.15, 0.2) is 11.5 Å². The summed E-state index contributed by atoms with van der Waals surface area (Å²) in [6.45, 7) is 5.08. The van der Waals surface area contributed by atoms with E-state index in [0.29, 0.717) is 67.2 Å². The Morgan fingerprint density at radius 3 is 1.26 bits per heavy atom. The molecule has 2 aliphatic rings. The van der Waals surface area contributed by atoms with E-state index in [1.54, 1.807) is 0 Å². The lowest BCUT2D eigenvalue weighted by molar-refractivity contribution is -0.135. The van der Waals surface area contributed by atoms with Gasteiger partial charge >= 0.3 is 24.0 Å². The normalized spacial score (nSPS) is 20.5. The van der Waals surface area contributed by atoms with Gasteiger partial charge in [-0.2, -0.15) is 19.9 Å². The maximum absolute atomic E-state index is 12.5. The van der Waals surface area contributed by atoms with Crippen molar-refractivity contribution >= 4 is 17.7 Å². The van der Waals surface area contributed by atoms with Crippen molar-refractivity contribution in [3.63, 3.8) is 0 Å². The van der Waals surface area contributed by atoms with Gasteiger partial charge in [0.2, 0.25) is 0 Å². The van der Waals surface area contributed by atoms with Gasteiger partial charge in [0.05, 0.1) is 38.0 Å². The molecular formula is C39H58N4O7. The second-order valence-corrected chi connectivity index (χ2v) is 14.3. The van der Waals surface area contributed by atoms with Crippen LogP contribution in [-0.4, -0.2) is 50.9 Å². The van der Waals surface area contributed by atoms with E-state index in [1.807, 2.05) is 13.8 Å². The minimum absolute atomic E-state index is 0.278. The quantitative estimate of drug-likeness (QED) is 0.0866. The third-order valence-electron chi connectivity index (χ3n) is 10.0. The summed E-state index contributed by atoms with van der Waals surface area (Å²) >= 11 is 0. The van der Waals surface area contributed by atoms with Crippen molar-refractivity contribution in [3.8, 4) is 23.5 Å². The molecule has 0 aromatic carbocycles. The third-order valence-corrected chi connectivity index (χ3v) is 10.0. The number of esters is 2. The lowest BCUT2D eigenvalue weighted by atomic mass is 9.80. The molecule has 0 unspecified atom stereocenters. The third kappa shape index (κ3) is 15.1. The van der Waals surface area contributed by atoms with Gasteiger partial charge in [0.1, 0.15) is 5.78 Å². The molecule has 4 rings (SSSR count). The Hall–Kier alpha value is -3.63. The molecule has 0 bridgehead atoms. The average Bonchev–Trinajstić information content (AvgIpc) is 3.12. The highest BCUT2D eigenvalue weighted by Crippen LogP contribution is 2.33. The van der Waals surface area contributed by atoms with Gasteiger partial charge in [-0.05, 0) is 75.0 Å². The zero-order valence-corrected chi connectivity index (χ0v) is 30.3. The second-order valence-electron chi connectivity index (χ2n) is 14.3. The molecule has 2 saturated carbocycles. The van der Waals surface area contributed by atoms with Crippen molar-refractivity contribution in [2.45, 2.75) is 142 Å². The van der Waals surface area contributed by atoms with E-state index in [-0.39, 0.29) is 11.9 Å². The van der Waals surface area contributed by atoms with Gasteiger partial charge in [0, 0.05) is 25.7 Å². The van der Waals surface area contributed by atoms with E-state index in [0.717, 1.165) is 88.9 Å². The zero-order chi connectivity index (χ0) is 35.4. The van der Waals surface area contributed by atoms with Crippen molar-refractivity contribution in [1.82, 2.24) is 19.9 Å². The van der Waals surface area contributed by atoms with Crippen LogP contribution in [0.4, 0.5) is 0 Å². The number of hydrogen-bond donors (Lipinski definition) is 0. The highest BCUT2D eigenvalue weighted by molar-refractivity contribution is 5.78. The zero-order valence-electron chi connectivity index (χ0n) is 30.3. The SMILES string of the molecule is CCCC(=O)Oc1cnc(OCC2CCC(CCCCC(=O)CCCCC3CCC(COc4ncc(OC(=O)CCC)cn4)CC3)CC2)nc1. The van der Waals surface area contributed by atoms with Crippen LogP contribution < -0.4 is 18.9 Å². The van der Waals surface area contributed by atoms with Crippen LogP contribution in [0.25, 0.3) is 0 Å². The first kappa shape index (κ1) is 39.2. The van der Waals surface area contributed by atoms with Crippen LogP contribution in [0.15, 0.2) is 24.8 Å². The van der Waals surface area contributed by atoms with Crippen LogP contribution in [0.1, 0.15) is 142 Å². The van der Waals surface area contributed by atoms with Crippen LogP contribution >= 0.6 is 0 Å². The molecule has 2 fully saturated rings. The molecule has 2 heterocycles. The number of rotatable bonds is 22. The van der Waals surface area contributed by atoms with Crippen molar-refractivity contribution < 1.29 is 33.3 Å². The Labute approximate surface area is 298 Å². The summed E-state index contributed by atoms with van der Waals surface area (Å²) in [4.78, 5) is 52.4. The predicted octanol–water partition coefficient (Wildman–Crippen LogP) is 8.44. The number of ketones is 1. The lowest BCUT2D eigenvalue weighted by Crippen LogP contribution is -2.20. The number of carbonyl (C=O) groups excluding carboxylic acids is 3. The molecule has 0 aliphatic heterocycles. The van der Waals surface area contributed by atoms with Gasteiger partial charge in [0.25, 0.3) is 0 Å². The Morgan fingerprint density at radius 2 is 0.900 bits per heavy atom. The van der Waals surface area contributed by atoms with E-state index in [1.165, 1.54) is 63.3 Å². The molecule has 2 aromatic rings. The highest BCUT2D eigenvalue weighted by atomic mass is 16.5. The number of hydrogen-bond acceptors (Lipinski definition) is 11. The molecule has 0 amide bonds. The molecule has 2 aliphatic carbocycles. The van der Waals surface area contributed by atoms with E-state index in [4.69, 9.17) is 18.9 Å². The standard InChI is InChI=1S/C39H58N4O7/c1-3-9-36(45)49-34-23-40-38(41-24-34)47-27-31-19-15-29(16-20-31)11-5-7-13-33(44)14-8-6-12-30-17-21-32(22-18-30)28-48-39-42-25-35(26-43-39)50-37(46)10-4-2/h23-26,29-32H,3-22,27-28H2,1-2H3. The molecule has 0 N–H and O–H groups in total. The number of unbranched alkanes of at least 4 members (excludes halogenated alkanes) is 2. The van der Waals surface area contributed by atoms with E-state index in [2.05, 4.69) is 19.9 Å². The topological polar surface area (TPSA) is 140 Å². The Bertz CT molecular complexity index is 1180. The summed E-state index contributed by atoms with van der Waals surface area (Å²) in [5.74, 6) is 3.08. The fourth-order valence-electron chi connectivity index (χ4n) is 7.03. The molecule has 11 heteroatoms. The molecule has 0 atom stereocenters. The Morgan fingerprint density at radius 1 is 0.540 bits per heavy atom. The van der Waals surface area contributed by atoms with Crippen LogP contribution in [-0.2, 0) is 14.4 Å². The minimum atomic E-state index is -0.278. The maximum atomic E-state index is 12.5. The summed E-state index contributed by atoms with van der Waals surface area (Å²) in [5, 5.41) is 0. The van der Waals surface area contributed by atoms with E-state index in [9.17, 15) is 14.4 Å². The van der Waals surface area contributed by atoms with Crippen LogP contribution in [0.5, 0.6) is 23.5 Å². The van der Waals surface area contributed by atoms with Crippen molar-refractivity contribution in [2.24, 2.45) is 23.7 Å². The number of Topliss-reactive ketones (excluding diaryl/α,β-unsaturated/α-hetero) is 1.